The van der Waals surface area contributed by atoms with Gasteiger partial charge < -0.3 is 25.3 Å². The number of nitrogen functional groups attached to an aromatic ring is 1. The maximum atomic E-state index is 14.1. The molecule has 5 rings (SSSR count). The molecule has 1 fully saturated rings. The summed E-state index contributed by atoms with van der Waals surface area (Å²) in [6.45, 7) is 2.77. The molecule has 4 heterocycles. The second-order valence-corrected chi connectivity index (χ2v) is 8.03. The van der Waals surface area contributed by atoms with Gasteiger partial charge in [0.2, 0.25) is 5.82 Å². The van der Waals surface area contributed by atoms with Crippen molar-refractivity contribution in [3.63, 3.8) is 0 Å². The number of pyridine rings is 2. The minimum absolute atomic E-state index is 0.145. The second kappa shape index (κ2) is 7.81. The number of rotatable bonds is 4. The Morgan fingerprint density at radius 2 is 2.16 bits per heavy atom. The van der Waals surface area contributed by atoms with E-state index in [1.165, 1.54) is 0 Å². The van der Waals surface area contributed by atoms with Gasteiger partial charge in [-0.3, -0.25) is 4.79 Å². The highest BCUT2D eigenvalue weighted by Gasteiger charge is 2.25. The van der Waals surface area contributed by atoms with Gasteiger partial charge in [-0.25, -0.2) is 9.37 Å². The molecule has 0 radical (unpaired) electrons. The maximum Gasteiger partial charge on any atom is 0.202 e. The molecule has 2 aliphatic heterocycles. The van der Waals surface area contributed by atoms with Gasteiger partial charge >= 0.3 is 0 Å². The summed E-state index contributed by atoms with van der Waals surface area (Å²) in [6, 6.07) is 4.90. The van der Waals surface area contributed by atoms with Crippen LogP contribution in [0.2, 0.25) is 0 Å². The molecule has 9 heteroatoms. The number of aromatic nitrogens is 2. The molecule has 1 unspecified atom stereocenters. The predicted octanol–water partition coefficient (Wildman–Crippen LogP) is 2.41. The lowest BCUT2D eigenvalue weighted by Gasteiger charge is -2.34. The van der Waals surface area contributed by atoms with Crippen molar-refractivity contribution in [3.05, 3.63) is 58.0 Å². The van der Waals surface area contributed by atoms with Crippen LogP contribution in [0.3, 0.4) is 0 Å². The van der Waals surface area contributed by atoms with Crippen LogP contribution in [0.4, 0.5) is 20.3 Å². The zero-order chi connectivity index (χ0) is 21.5. The highest BCUT2D eigenvalue weighted by atomic mass is 19.2. The molecule has 1 saturated heterocycles. The molecule has 31 heavy (non-hydrogen) atoms. The highest BCUT2D eigenvalue weighted by Crippen LogP contribution is 2.32. The fraction of sp³-hybridized carbons (Fsp3) is 0.364. The van der Waals surface area contributed by atoms with E-state index < -0.39 is 11.6 Å². The number of nitrogens with two attached hydrogens (primary N) is 1. The first-order valence-electron chi connectivity index (χ1n) is 10.4. The minimum Gasteiger partial charge on any atom is -0.486 e. The Morgan fingerprint density at radius 3 is 2.97 bits per heavy atom. The third-order valence-electron chi connectivity index (χ3n) is 6.00. The van der Waals surface area contributed by atoms with Crippen LogP contribution in [0.1, 0.15) is 18.4 Å². The fourth-order valence-corrected chi connectivity index (χ4v) is 4.43. The summed E-state index contributed by atoms with van der Waals surface area (Å²) in [5, 5.41) is 3.61. The monoisotopic (exact) mass is 427 g/mol. The Bertz CT molecular complexity index is 1200. The molecule has 1 aromatic carbocycles. The van der Waals surface area contributed by atoms with Gasteiger partial charge in [0.15, 0.2) is 17.0 Å². The lowest BCUT2D eigenvalue weighted by atomic mass is 10.0. The zero-order valence-corrected chi connectivity index (χ0v) is 16.9. The standard InChI is InChI=1S/C22H23F2N5O2/c23-17-8-16-20-22(19(17)24)31-7-6-29(20)11-13(21(16)30)9-26-14-2-1-5-28(12-14)15-3-4-18(25)27-10-15/h3-4,8,10-11,14,26H,1-2,5-7,9,12H2,(H2,25,27). The molecule has 2 aromatic heterocycles. The van der Waals surface area contributed by atoms with Crippen LogP contribution < -0.4 is 26.1 Å². The van der Waals surface area contributed by atoms with Crippen LogP contribution >= 0.6 is 0 Å². The number of hydrogen-bond donors (Lipinski definition) is 2. The summed E-state index contributed by atoms with van der Waals surface area (Å²) in [5.74, 6) is -1.82. The van der Waals surface area contributed by atoms with Crippen molar-refractivity contribution < 1.29 is 13.5 Å². The lowest BCUT2D eigenvalue weighted by molar-refractivity contribution is 0.267. The molecular formula is C22H23F2N5O2. The average Bonchev–Trinajstić information content (AvgIpc) is 2.79. The van der Waals surface area contributed by atoms with Crippen molar-refractivity contribution in [1.82, 2.24) is 14.9 Å². The number of hydrogen-bond acceptors (Lipinski definition) is 6. The zero-order valence-electron chi connectivity index (χ0n) is 16.9. The van der Waals surface area contributed by atoms with Crippen LogP contribution in [0.15, 0.2) is 35.4 Å². The Morgan fingerprint density at radius 1 is 1.29 bits per heavy atom. The molecule has 162 valence electrons. The van der Waals surface area contributed by atoms with Gasteiger partial charge in [-0.15, -0.1) is 0 Å². The predicted molar refractivity (Wildman–Crippen MR) is 114 cm³/mol. The van der Waals surface area contributed by atoms with Gasteiger partial charge in [0, 0.05) is 37.4 Å². The Kier molecular flexibility index (Phi) is 4.97. The van der Waals surface area contributed by atoms with E-state index in [0.29, 0.717) is 30.0 Å². The van der Waals surface area contributed by atoms with Crippen LogP contribution in [0.25, 0.3) is 10.9 Å². The van der Waals surface area contributed by atoms with E-state index in [1.54, 1.807) is 23.0 Å². The number of piperidine rings is 1. The second-order valence-electron chi connectivity index (χ2n) is 8.03. The van der Waals surface area contributed by atoms with Crippen molar-refractivity contribution in [2.24, 2.45) is 0 Å². The molecule has 0 saturated carbocycles. The first-order valence-corrected chi connectivity index (χ1v) is 10.4. The van der Waals surface area contributed by atoms with E-state index in [9.17, 15) is 13.6 Å². The molecule has 3 aromatic rings. The molecule has 0 amide bonds. The van der Waals surface area contributed by atoms with Crippen molar-refractivity contribution in [2.45, 2.75) is 32.0 Å². The van der Waals surface area contributed by atoms with Gasteiger partial charge in [-0.05, 0) is 31.0 Å². The van der Waals surface area contributed by atoms with E-state index in [2.05, 4.69) is 15.2 Å². The lowest BCUT2D eigenvalue weighted by Crippen LogP contribution is -2.46. The van der Waals surface area contributed by atoms with Gasteiger partial charge in [-0.2, -0.15) is 4.39 Å². The minimum atomic E-state index is -1.07. The summed E-state index contributed by atoms with van der Waals surface area (Å²) >= 11 is 0. The number of ether oxygens (including phenoxy) is 1. The Labute approximate surface area is 177 Å². The highest BCUT2D eigenvalue weighted by molar-refractivity contribution is 5.86. The normalized spacial score (nSPS) is 18.3. The van der Waals surface area contributed by atoms with E-state index in [-0.39, 0.29) is 29.2 Å². The van der Waals surface area contributed by atoms with Gasteiger partial charge in [0.25, 0.3) is 0 Å². The molecular weight excluding hydrogens is 404 g/mol. The Balaban J connectivity index is 1.37. The SMILES string of the molecule is Nc1ccc(N2CCCC(NCc3cn4c5c(c(F)c(F)cc5c3=O)OCC4)C2)cn1. The van der Waals surface area contributed by atoms with Crippen molar-refractivity contribution in [2.75, 3.05) is 30.3 Å². The number of benzene rings is 1. The fourth-order valence-electron chi connectivity index (χ4n) is 4.43. The first-order chi connectivity index (χ1) is 15.0. The molecule has 0 spiro atoms. The topological polar surface area (TPSA) is 85.4 Å². The van der Waals surface area contributed by atoms with E-state index in [1.807, 2.05) is 6.07 Å². The molecule has 1 atom stereocenters. The van der Waals surface area contributed by atoms with E-state index in [4.69, 9.17) is 10.5 Å². The van der Waals surface area contributed by atoms with Gasteiger partial charge in [0.05, 0.1) is 29.3 Å². The summed E-state index contributed by atoms with van der Waals surface area (Å²) in [5.41, 5.74) is 7.23. The van der Waals surface area contributed by atoms with Gasteiger partial charge in [0.1, 0.15) is 12.4 Å². The van der Waals surface area contributed by atoms with E-state index >= 15 is 0 Å². The summed E-state index contributed by atoms with van der Waals surface area (Å²) in [6.07, 6.45) is 5.49. The van der Waals surface area contributed by atoms with Crippen molar-refractivity contribution in [3.8, 4) is 5.75 Å². The average molecular weight is 427 g/mol. The maximum absolute atomic E-state index is 14.1. The smallest absolute Gasteiger partial charge is 0.202 e. The molecule has 7 nitrogen and oxygen atoms in total. The van der Waals surface area contributed by atoms with Crippen LogP contribution in [0, 0.1) is 11.6 Å². The molecule has 3 N–H and O–H groups in total. The quantitative estimate of drug-likeness (QED) is 0.665. The van der Waals surface area contributed by atoms with Crippen molar-refractivity contribution in [1.29, 1.82) is 0 Å². The van der Waals surface area contributed by atoms with E-state index in [0.717, 1.165) is 37.7 Å². The van der Waals surface area contributed by atoms with Crippen LogP contribution in [-0.4, -0.2) is 35.3 Å². The molecule has 0 aliphatic carbocycles. The third kappa shape index (κ3) is 3.59. The third-order valence-corrected chi connectivity index (χ3v) is 6.00. The number of anilines is 2. The molecule has 2 aliphatic rings. The first kappa shape index (κ1) is 19.7. The van der Waals surface area contributed by atoms with Crippen molar-refractivity contribution >= 4 is 22.4 Å². The Hall–Kier alpha value is -3.20. The van der Waals surface area contributed by atoms with Gasteiger partial charge in [-0.1, -0.05) is 0 Å². The van der Waals surface area contributed by atoms with Crippen LogP contribution in [0.5, 0.6) is 5.75 Å². The number of nitrogens with one attached hydrogen (secondary N) is 1. The summed E-state index contributed by atoms with van der Waals surface area (Å²) in [4.78, 5) is 19.4. The van der Waals surface area contributed by atoms with Crippen LogP contribution in [-0.2, 0) is 13.1 Å². The number of nitrogens with zero attached hydrogens (tertiary/aromatic N) is 3. The largest absolute Gasteiger partial charge is 0.486 e. The summed E-state index contributed by atoms with van der Waals surface area (Å²) < 4.78 is 35.2. The summed E-state index contributed by atoms with van der Waals surface area (Å²) in [7, 11) is 0. The number of halogens is 2. The molecule has 0 bridgehead atoms.